The molecule has 1 N–H and O–H groups in total. The number of anilines is 1. The fourth-order valence-corrected chi connectivity index (χ4v) is 2.02. The third kappa shape index (κ3) is 1.46. The highest BCUT2D eigenvalue weighted by molar-refractivity contribution is 9.10. The van der Waals surface area contributed by atoms with E-state index in [0.717, 1.165) is 22.5 Å². The van der Waals surface area contributed by atoms with Crippen LogP contribution < -0.4 is 5.32 Å². The quantitative estimate of drug-likeness (QED) is 0.739. The van der Waals surface area contributed by atoms with E-state index in [0.29, 0.717) is 0 Å². The Hall–Kier alpha value is -0.210. The number of aryl methyl sites for hydroxylation is 1. The molecule has 1 aromatic rings. The molecule has 1 aromatic carbocycles. The van der Waals surface area contributed by atoms with Crippen LogP contribution in [0.5, 0.6) is 0 Å². The number of benzene rings is 1. The normalized spacial score (nSPS) is 15.2. The van der Waals surface area contributed by atoms with E-state index in [1.165, 1.54) is 17.7 Å². The molecule has 1 nitrogen and oxygen atoms in total. The molecule has 0 amide bonds. The first-order valence-corrected chi connectivity index (χ1v) is 5.16. The van der Waals surface area contributed by atoms with Crippen molar-refractivity contribution in [3.63, 3.8) is 0 Å². The Morgan fingerprint density at radius 2 is 2.25 bits per heavy atom. The molecule has 0 unspecified atom stereocenters. The van der Waals surface area contributed by atoms with Crippen LogP contribution in [0.4, 0.5) is 5.69 Å². The zero-order valence-electron chi connectivity index (χ0n) is 6.53. The lowest BCUT2D eigenvalue weighted by Crippen LogP contribution is -2.11. The first kappa shape index (κ1) is 8.39. The fourth-order valence-electron chi connectivity index (χ4n) is 1.46. The van der Waals surface area contributed by atoms with Crippen LogP contribution in [-0.2, 0) is 6.42 Å². The summed E-state index contributed by atoms with van der Waals surface area (Å²) in [5, 5.41) is 4.11. The maximum absolute atomic E-state index is 5.96. The minimum absolute atomic E-state index is 0.781. The lowest BCUT2D eigenvalue weighted by molar-refractivity contribution is 0.829. The van der Waals surface area contributed by atoms with Crippen molar-refractivity contribution in [1.82, 2.24) is 0 Å². The van der Waals surface area contributed by atoms with Gasteiger partial charge in [0.05, 0.1) is 5.02 Å². The van der Waals surface area contributed by atoms with Gasteiger partial charge in [-0.05, 0) is 46.5 Å². The SMILES string of the molecule is Clc1cc2c(cc1Br)CCCN2. The zero-order chi connectivity index (χ0) is 8.55. The molecular formula is C9H9BrClN. The summed E-state index contributed by atoms with van der Waals surface area (Å²) >= 11 is 9.37. The Kier molecular flexibility index (Phi) is 2.28. The van der Waals surface area contributed by atoms with Crippen molar-refractivity contribution in [3.05, 3.63) is 27.2 Å². The van der Waals surface area contributed by atoms with Gasteiger partial charge in [0.15, 0.2) is 0 Å². The van der Waals surface area contributed by atoms with Crippen molar-refractivity contribution in [1.29, 1.82) is 0 Å². The standard InChI is InChI=1S/C9H9BrClN/c10-7-4-6-2-1-3-12-9(6)5-8(7)11/h4-5,12H,1-3H2. The zero-order valence-corrected chi connectivity index (χ0v) is 8.87. The van der Waals surface area contributed by atoms with Crippen molar-refractivity contribution in [2.24, 2.45) is 0 Å². The summed E-state index contributed by atoms with van der Waals surface area (Å²) in [6.45, 7) is 1.06. The molecule has 0 fully saturated rings. The summed E-state index contributed by atoms with van der Waals surface area (Å²) in [7, 11) is 0. The molecule has 0 aromatic heterocycles. The van der Waals surface area contributed by atoms with Crippen LogP contribution in [0.1, 0.15) is 12.0 Å². The van der Waals surface area contributed by atoms with Gasteiger partial charge in [0, 0.05) is 16.7 Å². The monoisotopic (exact) mass is 245 g/mol. The van der Waals surface area contributed by atoms with Crippen LogP contribution in [0.25, 0.3) is 0 Å². The maximum Gasteiger partial charge on any atom is 0.0568 e. The van der Waals surface area contributed by atoms with E-state index in [1.54, 1.807) is 0 Å². The first-order valence-electron chi connectivity index (χ1n) is 3.99. The van der Waals surface area contributed by atoms with Crippen LogP contribution >= 0.6 is 27.5 Å². The van der Waals surface area contributed by atoms with Crippen molar-refractivity contribution >= 4 is 33.2 Å². The number of nitrogens with one attached hydrogen (secondary N) is 1. The molecule has 64 valence electrons. The Labute approximate surface area is 85.2 Å². The number of hydrogen-bond donors (Lipinski definition) is 1. The Bertz CT molecular complexity index is 281. The largest absolute Gasteiger partial charge is 0.385 e. The number of rotatable bonds is 0. The Morgan fingerprint density at radius 3 is 3.08 bits per heavy atom. The summed E-state index contributed by atoms with van der Waals surface area (Å²) < 4.78 is 0.992. The molecule has 0 saturated heterocycles. The summed E-state index contributed by atoms with van der Waals surface area (Å²) in [5.74, 6) is 0. The highest BCUT2D eigenvalue weighted by atomic mass is 79.9. The molecule has 2 rings (SSSR count). The number of hydrogen-bond acceptors (Lipinski definition) is 1. The minimum atomic E-state index is 0.781. The van der Waals surface area contributed by atoms with E-state index in [2.05, 4.69) is 27.3 Å². The van der Waals surface area contributed by atoms with Gasteiger partial charge in [0.1, 0.15) is 0 Å². The molecular weight excluding hydrogens is 237 g/mol. The maximum atomic E-state index is 5.96. The van der Waals surface area contributed by atoms with Gasteiger partial charge in [-0.15, -0.1) is 0 Å². The lowest BCUT2D eigenvalue weighted by Gasteiger charge is -2.18. The smallest absolute Gasteiger partial charge is 0.0568 e. The van der Waals surface area contributed by atoms with Gasteiger partial charge in [-0.3, -0.25) is 0 Å². The summed E-state index contributed by atoms with van der Waals surface area (Å²) in [5.41, 5.74) is 2.55. The Balaban J connectivity index is 2.49. The predicted molar refractivity (Wildman–Crippen MR) is 56.0 cm³/mol. The highest BCUT2D eigenvalue weighted by Gasteiger charge is 2.10. The molecule has 12 heavy (non-hydrogen) atoms. The average molecular weight is 247 g/mol. The van der Waals surface area contributed by atoms with E-state index >= 15 is 0 Å². The molecule has 0 radical (unpaired) electrons. The van der Waals surface area contributed by atoms with E-state index in [1.807, 2.05) is 6.07 Å². The van der Waals surface area contributed by atoms with E-state index in [4.69, 9.17) is 11.6 Å². The summed E-state index contributed by atoms with van der Waals surface area (Å²) in [6, 6.07) is 4.09. The fraction of sp³-hybridized carbons (Fsp3) is 0.333. The second-order valence-corrected chi connectivity index (χ2v) is 4.22. The third-order valence-electron chi connectivity index (χ3n) is 2.08. The van der Waals surface area contributed by atoms with Crippen molar-refractivity contribution in [2.45, 2.75) is 12.8 Å². The molecule has 0 bridgehead atoms. The van der Waals surface area contributed by atoms with Gasteiger partial charge in [-0.2, -0.15) is 0 Å². The lowest BCUT2D eigenvalue weighted by atomic mass is 10.0. The second kappa shape index (κ2) is 3.27. The van der Waals surface area contributed by atoms with E-state index < -0.39 is 0 Å². The van der Waals surface area contributed by atoms with Crippen LogP contribution in [0.2, 0.25) is 5.02 Å². The van der Waals surface area contributed by atoms with E-state index in [-0.39, 0.29) is 0 Å². The molecule has 3 heteroatoms. The van der Waals surface area contributed by atoms with Crippen LogP contribution in [0, 0.1) is 0 Å². The third-order valence-corrected chi connectivity index (χ3v) is 3.28. The highest BCUT2D eigenvalue weighted by Crippen LogP contribution is 2.31. The second-order valence-electron chi connectivity index (χ2n) is 2.95. The van der Waals surface area contributed by atoms with Gasteiger partial charge >= 0.3 is 0 Å². The molecule has 1 aliphatic rings. The first-order chi connectivity index (χ1) is 5.77. The Morgan fingerprint density at radius 1 is 1.42 bits per heavy atom. The van der Waals surface area contributed by atoms with Gasteiger partial charge < -0.3 is 5.32 Å². The van der Waals surface area contributed by atoms with Crippen LogP contribution in [-0.4, -0.2) is 6.54 Å². The van der Waals surface area contributed by atoms with Crippen LogP contribution in [0.15, 0.2) is 16.6 Å². The van der Waals surface area contributed by atoms with Gasteiger partial charge in [0.25, 0.3) is 0 Å². The predicted octanol–water partition coefficient (Wildman–Crippen LogP) is 3.46. The molecule has 0 spiro atoms. The van der Waals surface area contributed by atoms with Crippen molar-refractivity contribution in [3.8, 4) is 0 Å². The summed E-state index contributed by atoms with van der Waals surface area (Å²) in [4.78, 5) is 0. The van der Waals surface area contributed by atoms with Crippen molar-refractivity contribution < 1.29 is 0 Å². The topological polar surface area (TPSA) is 12.0 Å². The van der Waals surface area contributed by atoms with Gasteiger partial charge in [-0.25, -0.2) is 0 Å². The van der Waals surface area contributed by atoms with Gasteiger partial charge in [-0.1, -0.05) is 11.6 Å². The number of halogens is 2. The molecule has 0 aliphatic carbocycles. The van der Waals surface area contributed by atoms with Crippen LogP contribution in [0.3, 0.4) is 0 Å². The van der Waals surface area contributed by atoms with Gasteiger partial charge in [0.2, 0.25) is 0 Å². The molecule has 0 saturated carbocycles. The number of fused-ring (bicyclic) bond motifs is 1. The molecule has 1 aliphatic heterocycles. The van der Waals surface area contributed by atoms with E-state index in [9.17, 15) is 0 Å². The minimum Gasteiger partial charge on any atom is -0.385 e. The summed E-state index contributed by atoms with van der Waals surface area (Å²) in [6.07, 6.45) is 2.36. The molecule has 1 heterocycles. The van der Waals surface area contributed by atoms with Crippen molar-refractivity contribution in [2.75, 3.05) is 11.9 Å². The molecule has 0 atom stereocenters. The average Bonchev–Trinajstić information content (AvgIpc) is 2.07.